The Morgan fingerprint density at radius 1 is 1.03 bits per heavy atom. The summed E-state index contributed by atoms with van der Waals surface area (Å²) in [6, 6.07) is 11.5. The standard InChI is InChI=1S/C30H33N7O/c1-22-8-11-26(19-28(22)35-30-32-14-12-27(34-30)25-7-4-13-31-20-25)33-29(38)24-6-3-5-23(9-10-24)21-37-17-15-36(2)16-18-37/h4-14,19-20H,3,15-18,21H2,1-2H3,(H,33,38)(H,32,34,35). The number of nitrogens with one attached hydrogen (secondary N) is 2. The van der Waals surface area contributed by atoms with Crippen molar-refractivity contribution in [2.45, 2.75) is 13.3 Å². The quantitative estimate of drug-likeness (QED) is 0.484. The second kappa shape index (κ2) is 11.9. The summed E-state index contributed by atoms with van der Waals surface area (Å²) in [6.07, 6.45) is 14.2. The zero-order valence-electron chi connectivity index (χ0n) is 21.9. The third-order valence-electron chi connectivity index (χ3n) is 6.81. The Labute approximate surface area is 223 Å². The SMILES string of the molecule is Cc1ccc(NC(=O)C2=CCC=C(CN3CCN(C)CC3)C=C2)cc1Nc1nccc(-c2cccnc2)n1. The normalized spacial score (nSPS) is 16.4. The van der Waals surface area contributed by atoms with E-state index in [1.807, 2.05) is 55.5 Å². The van der Waals surface area contributed by atoms with E-state index in [2.05, 4.69) is 54.6 Å². The molecule has 8 nitrogen and oxygen atoms in total. The molecule has 0 bridgehead atoms. The average molecular weight is 508 g/mol. The maximum Gasteiger partial charge on any atom is 0.255 e. The number of carbonyl (C=O) groups excluding carboxylic acids is 1. The lowest BCUT2D eigenvalue weighted by Gasteiger charge is -2.32. The molecule has 1 amide bonds. The predicted molar refractivity (Wildman–Crippen MR) is 152 cm³/mol. The third kappa shape index (κ3) is 6.59. The minimum absolute atomic E-state index is 0.125. The highest BCUT2D eigenvalue weighted by atomic mass is 16.1. The van der Waals surface area contributed by atoms with Gasteiger partial charge in [0.25, 0.3) is 5.91 Å². The number of aryl methyl sites for hydroxylation is 1. The van der Waals surface area contributed by atoms with Gasteiger partial charge < -0.3 is 15.5 Å². The van der Waals surface area contributed by atoms with Gasteiger partial charge in [-0.3, -0.25) is 14.7 Å². The van der Waals surface area contributed by atoms with E-state index in [0.29, 0.717) is 17.2 Å². The molecule has 1 saturated heterocycles. The molecule has 0 spiro atoms. The van der Waals surface area contributed by atoms with Gasteiger partial charge in [-0.1, -0.05) is 24.3 Å². The van der Waals surface area contributed by atoms with Crippen LogP contribution in [0.15, 0.2) is 90.4 Å². The molecular weight excluding hydrogens is 474 g/mol. The van der Waals surface area contributed by atoms with Crippen LogP contribution < -0.4 is 10.6 Å². The lowest BCUT2D eigenvalue weighted by atomic mass is 10.1. The van der Waals surface area contributed by atoms with Gasteiger partial charge in [0.05, 0.1) is 5.69 Å². The number of nitrogens with zero attached hydrogens (tertiary/aromatic N) is 5. The van der Waals surface area contributed by atoms with E-state index in [9.17, 15) is 4.79 Å². The molecule has 194 valence electrons. The molecule has 0 atom stereocenters. The summed E-state index contributed by atoms with van der Waals surface area (Å²) in [5.41, 5.74) is 6.17. The number of anilines is 3. The van der Waals surface area contributed by atoms with Crippen molar-refractivity contribution in [3.8, 4) is 11.3 Å². The largest absolute Gasteiger partial charge is 0.324 e. The minimum Gasteiger partial charge on any atom is -0.324 e. The van der Waals surface area contributed by atoms with E-state index in [1.54, 1.807) is 18.6 Å². The van der Waals surface area contributed by atoms with Gasteiger partial charge in [0, 0.05) is 73.8 Å². The molecule has 1 fully saturated rings. The van der Waals surface area contributed by atoms with Gasteiger partial charge in [0.1, 0.15) is 0 Å². The highest BCUT2D eigenvalue weighted by Crippen LogP contribution is 2.25. The van der Waals surface area contributed by atoms with Gasteiger partial charge in [-0.15, -0.1) is 0 Å². The number of amides is 1. The summed E-state index contributed by atoms with van der Waals surface area (Å²) < 4.78 is 0. The number of piperazine rings is 1. The van der Waals surface area contributed by atoms with Crippen molar-refractivity contribution in [3.63, 3.8) is 0 Å². The van der Waals surface area contributed by atoms with E-state index < -0.39 is 0 Å². The molecule has 5 rings (SSSR count). The fourth-order valence-corrected chi connectivity index (χ4v) is 4.47. The molecule has 2 aromatic heterocycles. The lowest BCUT2D eigenvalue weighted by molar-refractivity contribution is -0.112. The first-order valence-electron chi connectivity index (χ1n) is 12.9. The van der Waals surface area contributed by atoms with Crippen LogP contribution >= 0.6 is 0 Å². The van der Waals surface area contributed by atoms with Crippen LogP contribution in [0.3, 0.4) is 0 Å². The first kappa shape index (κ1) is 25.5. The van der Waals surface area contributed by atoms with Crippen molar-refractivity contribution in [1.82, 2.24) is 24.8 Å². The number of benzene rings is 1. The van der Waals surface area contributed by atoms with Crippen molar-refractivity contribution in [2.75, 3.05) is 50.4 Å². The van der Waals surface area contributed by atoms with E-state index in [4.69, 9.17) is 0 Å². The minimum atomic E-state index is -0.125. The zero-order chi connectivity index (χ0) is 26.3. The van der Waals surface area contributed by atoms with E-state index >= 15 is 0 Å². The van der Waals surface area contributed by atoms with Crippen LogP contribution in [0.4, 0.5) is 17.3 Å². The molecule has 2 N–H and O–H groups in total. The molecule has 3 heterocycles. The summed E-state index contributed by atoms with van der Waals surface area (Å²) in [7, 11) is 2.17. The Hall–Kier alpha value is -4.14. The number of aromatic nitrogens is 3. The number of rotatable bonds is 7. The van der Waals surface area contributed by atoms with Crippen LogP contribution in [0.1, 0.15) is 12.0 Å². The van der Waals surface area contributed by atoms with E-state index in [1.165, 1.54) is 5.57 Å². The predicted octanol–water partition coefficient (Wildman–Crippen LogP) is 4.59. The van der Waals surface area contributed by atoms with E-state index in [-0.39, 0.29) is 5.91 Å². The molecular formula is C30H33N7O. The summed E-state index contributed by atoms with van der Waals surface area (Å²) in [4.78, 5) is 31.1. The van der Waals surface area contributed by atoms with Crippen LogP contribution in [0, 0.1) is 6.92 Å². The van der Waals surface area contributed by atoms with Crippen LogP contribution in [-0.2, 0) is 4.79 Å². The summed E-state index contributed by atoms with van der Waals surface area (Å²) in [5, 5.41) is 6.34. The van der Waals surface area contributed by atoms with Crippen LogP contribution in [0.2, 0.25) is 0 Å². The molecule has 1 aliphatic carbocycles. The molecule has 1 aliphatic heterocycles. The molecule has 2 aliphatic rings. The Morgan fingerprint density at radius 3 is 2.71 bits per heavy atom. The van der Waals surface area contributed by atoms with E-state index in [0.717, 1.165) is 61.7 Å². The molecule has 0 radical (unpaired) electrons. The number of likely N-dealkylation sites (N-methyl/N-ethyl adjacent to an activating group) is 1. The summed E-state index contributed by atoms with van der Waals surface area (Å²) in [5.74, 6) is 0.353. The Kier molecular flexibility index (Phi) is 8.01. The highest BCUT2D eigenvalue weighted by Gasteiger charge is 2.15. The second-order valence-electron chi connectivity index (χ2n) is 9.70. The van der Waals surface area contributed by atoms with Gasteiger partial charge in [-0.2, -0.15) is 0 Å². The van der Waals surface area contributed by atoms with Crippen molar-refractivity contribution < 1.29 is 4.79 Å². The van der Waals surface area contributed by atoms with Crippen molar-refractivity contribution >= 4 is 23.2 Å². The first-order chi connectivity index (χ1) is 18.5. The first-order valence-corrected chi connectivity index (χ1v) is 12.9. The van der Waals surface area contributed by atoms with Crippen LogP contribution in [0.5, 0.6) is 0 Å². The molecule has 1 aromatic carbocycles. The maximum absolute atomic E-state index is 13.1. The molecule has 38 heavy (non-hydrogen) atoms. The Balaban J connectivity index is 1.22. The summed E-state index contributed by atoms with van der Waals surface area (Å²) in [6.45, 7) is 7.26. The molecule has 0 unspecified atom stereocenters. The number of hydrogen-bond acceptors (Lipinski definition) is 7. The molecule has 8 heteroatoms. The maximum atomic E-state index is 13.1. The highest BCUT2D eigenvalue weighted by molar-refractivity contribution is 6.06. The second-order valence-corrected chi connectivity index (χ2v) is 9.70. The van der Waals surface area contributed by atoms with Gasteiger partial charge in [0.15, 0.2) is 0 Å². The van der Waals surface area contributed by atoms with Crippen LogP contribution in [0.25, 0.3) is 11.3 Å². The fraction of sp³-hybridized carbons (Fsp3) is 0.267. The summed E-state index contributed by atoms with van der Waals surface area (Å²) >= 11 is 0. The van der Waals surface area contributed by atoms with Gasteiger partial charge in [-0.05, 0) is 67.9 Å². The van der Waals surface area contributed by atoms with Crippen LogP contribution in [-0.4, -0.2) is 70.4 Å². The fourth-order valence-electron chi connectivity index (χ4n) is 4.47. The van der Waals surface area contributed by atoms with Gasteiger partial charge >= 0.3 is 0 Å². The van der Waals surface area contributed by atoms with Crippen molar-refractivity contribution in [1.29, 1.82) is 0 Å². The Morgan fingerprint density at radius 2 is 1.89 bits per heavy atom. The topological polar surface area (TPSA) is 86.3 Å². The van der Waals surface area contributed by atoms with Crippen molar-refractivity contribution in [2.24, 2.45) is 0 Å². The van der Waals surface area contributed by atoms with Gasteiger partial charge in [-0.25, -0.2) is 9.97 Å². The lowest BCUT2D eigenvalue weighted by Crippen LogP contribution is -2.44. The average Bonchev–Trinajstić information content (AvgIpc) is 3.18. The number of hydrogen-bond donors (Lipinski definition) is 2. The number of allylic oxidation sites excluding steroid dienone is 2. The monoisotopic (exact) mass is 507 g/mol. The van der Waals surface area contributed by atoms with Gasteiger partial charge in [0.2, 0.25) is 5.95 Å². The zero-order valence-corrected chi connectivity index (χ0v) is 21.9. The molecule has 0 saturated carbocycles. The smallest absolute Gasteiger partial charge is 0.255 e. The number of pyridine rings is 1. The molecule has 3 aromatic rings. The van der Waals surface area contributed by atoms with Crippen molar-refractivity contribution in [3.05, 3.63) is 96.0 Å². The number of carbonyl (C=O) groups is 1. The third-order valence-corrected chi connectivity index (χ3v) is 6.81. The Bertz CT molecular complexity index is 1370.